The molecule has 0 radical (unpaired) electrons. The van der Waals surface area contributed by atoms with E-state index in [9.17, 15) is 31.5 Å². The second-order valence-electron chi connectivity index (χ2n) is 6.30. The van der Waals surface area contributed by atoms with Crippen molar-refractivity contribution in [1.82, 2.24) is 4.90 Å². The van der Waals surface area contributed by atoms with Crippen molar-refractivity contribution in [3.8, 4) is 0 Å². The van der Waals surface area contributed by atoms with Crippen LogP contribution in [0.4, 0.5) is 0 Å². The van der Waals surface area contributed by atoms with Crippen LogP contribution in [-0.2, 0) is 28.5 Å². The quantitative estimate of drug-likeness (QED) is 0.562. The Balaban J connectivity index is 2.13. The van der Waals surface area contributed by atoms with E-state index in [1.54, 1.807) is 0 Å². The first kappa shape index (κ1) is 22.9. The summed E-state index contributed by atoms with van der Waals surface area (Å²) >= 11 is 5.75. The fourth-order valence-electron chi connectivity index (χ4n) is 2.76. The number of hydrogen-bond acceptors (Lipinski definition) is 7. The minimum atomic E-state index is -4.21. The molecule has 9 nitrogen and oxygen atoms in total. The van der Waals surface area contributed by atoms with Gasteiger partial charge in [-0.2, -0.15) is 0 Å². The predicted molar refractivity (Wildman–Crippen MR) is 104 cm³/mol. The Morgan fingerprint density at radius 1 is 1.36 bits per heavy atom. The number of carboxylic acid groups (broad SMARTS) is 1. The number of rotatable bonds is 7. The van der Waals surface area contributed by atoms with Gasteiger partial charge < -0.3 is 10.0 Å². The van der Waals surface area contributed by atoms with E-state index >= 15 is 0 Å². The number of primary sulfonamides is 1. The van der Waals surface area contributed by atoms with Gasteiger partial charge in [0.05, 0.1) is 9.92 Å². The third-order valence-corrected chi connectivity index (χ3v) is 9.30. The normalized spacial score (nSPS) is 18.8. The summed E-state index contributed by atoms with van der Waals surface area (Å²) in [7, 11) is -7.74. The van der Waals surface area contributed by atoms with E-state index < -0.39 is 47.6 Å². The molecule has 0 aliphatic carbocycles. The molecule has 1 fully saturated rings. The molecule has 28 heavy (non-hydrogen) atoms. The SMILES string of the molecule is C[C@H](CSS(=O)(=O)c1ccc(Cl)c(S(N)(=O)=O)c1)C(=O)N1CCC[C@H]1C(=O)O. The average Bonchev–Trinajstić information content (AvgIpc) is 3.08. The molecule has 1 heterocycles. The standard InChI is InChI=1S/C15H19ClN2O7S3/c1-9(14(19)18-6-2-3-12(18)15(20)21)8-26-28(24,25)10-4-5-11(16)13(7-10)27(17,22)23/h4-5,7,9,12H,2-3,6,8H2,1H3,(H,20,21)(H2,17,22,23)/t9-,12+/m1/s1. The molecule has 1 aliphatic heterocycles. The number of sulfonamides is 1. The van der Waals surface area contributed by atoms with E-state index in [0.29, 0.717) is 30.2 Å². The monoisotopic (exact) mass is 470 g/mol. The number of likely N-dealkylation sites (tertiary alicyclic amines) is 1. The topological polar surface area (TPSA) is 152 Å². The molecular weight excluding hydrogens is 452 g/mol. The maximum atomic E-state index is 12.5. The third-order valence-electron chi connectivity index (χ3n) is 4.21. The summed E-state index contributed by atoms with van der Waals surface area (Å²) in [6.07, 6.45) is 0.933. The van der Waals surface area contributed by atoms with Crippen LogP contribution < -0.4 is 5.14 Å². The molecule has 1 aromatic carbocycles. The van der Waals surface area contributed by atoms with Gasteiger partial charge in [-0.1, -0.05) is 18.5 Å². The first-order chi connectivity index (χ1) is 12.8. The lowest BCUT2D eigenvalue weighted by molar-refractivity contribution is -0.149. The summed E-state index contributed by atoms with van der Waals surface area (Å²) in [6.45, 7) is 1.83. The fraction of sp³-hybridized carbons (Fsp3) is 0.467. The van der Waals surface area contributed by atoms with Crippen molar-refractivity contribution in [3.05, 3.63) is 23.2 Å². The van der Waals surface area contributed by atoms with Crippen LogP contribution in [0.25, 0.3) is 0 Å². The second-order valence-corrected chi connectivity index (χ2v) is 12.2. The largest absolute Gasteiger partial charge is 0.480 e. The molecule has 2 rings (SSSR count). The number of benzene rings is 1. The minimum Gasteiger partial charge on any atom is -0.480 e. The van der Waals surface area contributed by atoms with Gasteiger partial charge >= 0.3 is 5.97 Å². The third kappa shape index (κ3) is 5.17. The Morgan fingerprint density at radius 2 is 2.00 bits per heavy atom. The molecule has 2 atom stereocenters. The van der Waals surface area contributed by atoms with Gasteiger partial charge in [0.2, 0.25) is 24.8 Å². The molecule has 0 aromatic heterocycles. The van der Waals surface area contributed by atoms with Crippen LogP contribution in [-0.4, -0.2) is 57.1 Å². The minimum absolute atomic E-state index is 0.128. The Kier molecular flexibility index (Phi) is 7.03. The van der Waals surface area contributed by atoms with Crippen LogP contribution in [0, 0.1) is 5.92 Å². The molecule has 156 valence electrons. The number of halogens is 1. The van der Waals surface area contributed by atoms with E-state index in [1.807, 2.05) is 0 Å². The molecule has 0 bridgehead atoms. The number of hydrogen-bond donors (Lipinski definition) is 2. The Hall–Kier alpha value is -1.34. The second kappa shape index (κ2) is 8.57. The summed E-state index contributed by atoms with van der Waals surface area (Å²) < 4.78 is 48.0. The summed E-state index contributed by atoms with van der Waals surface area (Å²) in [5.41, 5.74) is 0. The number of nitrogens with two attached hydrogens (primary N) is 1. The number of aliphatic carboxylic acids is 1. The van der Waals surface area contributed by atoms with Crippen molar-refractivity contribution in [2.75, 3.05) is 12.3 Å². The molecular formula is C15H19ClN2O7S3. The molecule has 0 saturated carbocycles. The average molecular weight is 471 g/mol. The van der Waals surface area contributed by atoms with E-state index in [2.05, 4.69) is 0 Å². The van der Waals surface area contributed by atoms with Crippen molar-refractivity contribution in [3.63, 3.8) is 0 Å². The summed E-state index contributed by atoms with van der Waals surface area (Å²) in [5, 5.41) is 14.0. The van der Waals surface area contributed by atoms with Gasteiger partial charge in [0.15, 0.2) is 0 Å². The molecule has 0 unspecified atom stereocenters. The van der Waals surface area contributed by atoms with Crippen molar-refractivity contribution in [1.29, 1.82) is 0 Å². The van der Waals surface area contributed by atoms with Crippen molar-refractivity contribution in [2.45, 2.75) is 35.6 Å². The van der Waals surface area contributed by atoms with Crippen molar-refractivity contribution in [2.24, 2.45) is 11.1 Å². The van der Waals surface area contributed by atoms with E-state index in [1.165, 1.54) is 11.8 Å². The molecule has 1 saturated heterocycles. The number of carbonyl (C=O) groups excluding carboxylic acids is 1. The van der Waals surface area contributed by atoms with Gasteiger partial charge in [-0.25, -0.2) is 26.8 Å². The molecule has 1 aliphatic rings. The zero-order valence-electron chi connectivity index (χ0n) is 14.7. The van der Waals surface area contributed by atoms with E-state index in [-0.39, 0.29) is 15.7 Å². The number of nitrogens with zero attached hydrogens (tertiary/aromatic N) is 1. The molecule has 1 aromatic rings. The van der Waals surface area contributed by atoms with E-state index in [0.717, 1.165) is 18.2 Å². The fourth-order valence-corrected chi connectivity index (χ4v) is 6.93. The first-order valence-corrected chi connectivity index (χ1v) is 13.0. The van der Waals surface area contributed by atoms with Crippen LogP contribution in [0.5, 0.6) is 0 Å². The maximum absolute atomic E-state index is 12.5. The lowest BCUT2D eigenvalue weighted by Gasteiger charge is -2.24. The number of carboxylic acids is 1. The van der Waals surface area contributed by atoms with Gasteiger partial charge in [0.25, 0.3) is 0 Å². The number of carbonyl (C=O) groups is 2. The summed E-state index contributed by atoms with van der Waals surface area (Å²) in [4.78, 5) is 24.1. The zero-order valence-corrected chi connectivity index (χ0v) is 17.9. The highest BCUT2D eigenvalue weighted by molar-refractivity contribution is 8.72. The summed E-state index contributed by atoms with van der Waals surface area (Å²) in [5.74, 6) is -2.40. The van der Waals surface area contributed by atoms with Crippen molar-refractivity contribution < 1.29 is 31.5 Å². The molecule has 13 heteroatoms. The zero-order chi connectivity index (χ0) is 21.3. The van der Waals surface area contributed by atoms with Gasteiger partial charge in [0, 0.05) is 18.2 Å². The highest BCUT2D eigenvalue weighted by atomic mass is 35.5. The Bertz CT molecular complexity index is 995. The molecule has 1 amide bonds. The van der Waals surface area contributed by atoms with Crippen LogP contribution in [0.15, 0.2) is 28.0 Å². The van der Waals surface area contributed by atoms with Crippen LogP contribution in [0.2, 0.25) is 5.02 Å². The molecule has 0 spiro atoms. The molecule has 3 N–H and O–H groups in total. The number of amides is 1. The van der Waals surface area contributed by atoms with Crippen molar-refractivity contribution >= 4 is 53.2 Å². The highest BCUT2D eigenvalue weighted by Crippen LogP contribution is 2.31. The van der Waals surface area contributed by atoms with Gasteiger partial charge in [-0.05, 0) is 41.8 Å². The van der Waals surface area contributed by atoms with E-state index in [4.69, 9.17) is 16.7 Å². The lowest BCUT2D eigenvalue weighted by Crippen LogP contribution is -2.43. The lowest BCUT2D eigenvalue weighted by atomic mass is 10.1. The van der Waals surface area contributed by atoms with Gasteiger partial charge in [-0.3, -0.25) is 4.79 Å². The van der Waals surface area contributed by atoms with Crippen LogP contribution >= 0.6 is 22.4 Å². The summed E-state index contributed by atoms with van der Waals surface area (Å²) in [6, 6.07) is 2.23. The van der Waals surface area contributed by atoms with Gasteiger partial charge in [0.1, 0.15) is 10.9 Å². The maximum Gasteiger partial charge on any atom is 0.326 e. The Labute approximate surface area is 171 Å². The van der Waals surface area contributed by atoms with Crippen LogP contribution in [0.1, 0.15) is 19.8 Å². The predicted octanol–water partition coefficient (Wildman–Crippen LogP) is 1.12. The van der Waals surface area contributed by atoms with Crippen LogP contribution in [0.3, 0.4) is 0 Å². The first-order valence-electron chi connectivity index (χ1n) is 8.09. The van der Waals surface area contributed by atoms with Gasteiger partial charge in [-0.15, -0.1) is 0 Å². The Morgan fingerprint density at radius 3 is 2.57 bits per heavy atom. The smallest absolute Gasteiger partial charge is 0.326 e. The highest BCUT2D eigenvalue weighted by Gasteiger charge is 2.36.